The molecule has 1 saturated heterocycles. The summed E-state index contributed by atoms with van der Waals surface area (Å²) in [6.45, 7) is 8.50. The first-order valence-electron chi connectivity index (χ1n) is 14.5. The van der Waals surface area contributed by atoms with Crippen LogP contribution in [0.4, 0.5) is 0 Å². The van der Waals surface area contributed by atoms with Crippen molar-refractivity contribution in [1.82, 2.24) is 9.80 Å². The number of methoxy groups -OCH3 is 2. The van der Waals surface area contributed by atoms with E-state index in [1.165, 1.54) is 18.4 Å². The lowest BCUT2D eigenvalue weighted by molar-refractivity contribution is -0.128. The second-order valence-electron chi connectivity index (χ2n) is 12.4. The second kappa shape index (κ2) is 13.1. The Bertz CT molecular complexity index is 1170. The van der Waals surface area contributed by atoms with Gasteiger partial charge in [-0.3, -0.25) is 14.6 Å². The van der Waals surface area contributed by atoms with Crippen LogP contribution in [0.1, 0.15) is 57.6 Å². The number of ether oxygens (including phenoxy) is 3. The Morgan fingerprint density at radius 3 is 2.27 bits per heavy atom. The molecular weight excluding hydrogens is 502 g/mol. The number of aryl methyl sites for hydroxylation is 1. The third-order valence-electron chi connectivity index (χ3n) is 8.61. The summed E-state index contributed by atoms with van der Waals surface area (Å²) in [4.78, 5) is 17.6. The molecule has 2 fully saturated rings. The number of nitrogens with zero attached hydrogens (tertiary/aromatic N) is 3. The fourth-order valence-corrected chi connectivity index (χ4v) is 6.34. The number of carbonyl (C=O) groups is 1. The molecular formula is C33H45N3O4. The zero-order valence-corrected chi connectivity index (χ0v) is 25.0. The highest BCUT2D eigenvalue weighted by Crippen LogP contribution is 2.41. The average molecular weight is 548 g/mol. The topological polar surface area (TPSA) is 75.0 Å². The van der Waals surface area contributed by atoms with Crippen molar-refractivity contribution in [2.45, 2.75) is 65.1 Å². The van der Waals surface area contributed by atoms with Crippen molar-refractivity contribution in [3.05, 3.63) is 53.6 Å². The predicted molar refractivity (Wildman–Crippen MR) is 157 cm³/mol. The van der Waals surface area contributed by atoms with Crippen LogP contribution in [-0.2, 0) is 11.2 Å². The van der Waals surface area contributed by atoms with Crippen molar-refractivity contribution in [3.63, 3.8) is 0 Å². The molecule has 3 unspecified atom stereocenters. The number of hydrogen-bond acceptors (Lipinski definition) is 7. The van der Waals surface area contributed by atoms with Gasteiger partial charge in [-0.05, 0) is 80.8 Å². The third kappa shape index (κ3) is 7.16. The van der Waals surface area contributed by atoms with Crippen LogP contribution in [0, 0.1) is 28.6 Å². The average Bonchev–Trinajstić information content (AvgIpc) is 3.21. The normalized spacial score (nSPS) is 21.6. The zero-order valence-electron chi connectivity index (χ0n) is 25.0. The molecule has 7 nitrogen and oxygen atoms in total. The fourth-order valence-electron chi connectivity index (χ4n) is 6.34. The van der Waals surface area contributed by atoms with Crippen LogP contribution in [0.5, 0.6) is 17.2 Å². The van der Waals surface area contributed by atoms with E-state index < -0.39 is 0 Å². The number of rotatable bonds is 12. The Morgan fingerprint density at radius 1 is 1.05 bits per heavy atom. The molecule has 2 aromatic rings. The smallest absolute Gasteiger partial charge is 0.164 e. The molecule has 0 amide bonds. The highest BCUT2D eigenvalue weighted by Gasteiger charge is 2.46. The number of piperidine rings is 1. The summed E-state index contributed by atoms with van der Waals surface area (Å²) in [6, 6.07) is 16.2. The van der Waals surface area contributed by atoms with E-state index in [-0.39, 0.29) is 11.6 Å². The van der Waals surface area contributed by atoms with Crippen LogP contribution in [0.25, 0.3) is 0 Å². The number of Topliss-reactive ketones (excluding diaryl/α,β-unsaturated/α-hetero) is 1. The Balaban J connectivity index is 1.48. The van der Waals surface area contributed by atoms with Crippen molar-refractivity contribution >= 4 is 5.78 Å². The largest absolute Gasteiger partial charge is 0.493 e. The predicted octanol–water partition coefficient (Wildman–Crippen LogP) is 5.56. The molecule has 1 aliphatic heterocycles. The zero-order chi connectivity index (χ0) is 28.9. The Labute approximate surface area is 240 Å². The minimum atomic E-state index is -0.306. The highest BCUT2D eigenvalue weighted by molar-refractivity contribution is 5.85. The Morgan fingerprint density at radius 2 is 1.70 bits per heavy atom. The van der Waals surface area contributed by atoms with Crippen LogP contribution in [0.3, 0.4) is 0 Å². The van der Waals surface area contributed by atoms with Gasteiger partial charge in [-0.15, -0.1) is 0 Å². The molecule has 2 bridgehead atoms. The van der Waals surface area contributed by atoms with Gasteiger partial charge < -0.3 is 14.2 Å². The summed E-state index contributed by atoms with van der Waals surface area (Å²) in [6.07, 6.45) is 5.02. The van der Waals surface area contributed by atoms with E-state index in [1.807, 2.05) is 63.2 Å². The molecule has 2 aliphatic rings. The van der Waals surface area contributed by atoms with Crippen LogP contribution < -0.4 is 14.2 Å². The second-order valence-corrected chi connectivity index (χ2v) is 12.4. The van der Waals surface area contributed by atoms with Crippen molar-refractivity contribution in [1.29, 1.82) is 5.26 Å². The summed E-state index contributed by atoms with van der Waals surface area (Å²) >= 11 is 0. The first-order chi connectivity index (χ1) is 19.1. The number of likely N-dealkylation sites (tertiary alicyclic amines) is 1. The van der Waals surface area contributed by atoms with Gasteiger partial charge in [0.25, 0.3) is 0 Å². The molecule has 1 saturated carbocycles. The van der Waals surface area contributed by atoms with E-state index in [9.17, 15) is 4.79 Å². The first-order valence-corrected chi connectivity index (χ1v) is 14.5. The Hall–Kier alpha value is -3.08. The van der Waals surface area contributed by atoms with Gasteiger partial charge in [0.2, 0.25) is 0 Å². The summed E-state index contributed by atoms with van der Waals surface area (Å²) in [5.74, 6) is 3.44. The van der Waals surface area contributed by atoms with Crippen molar-refractivity contribution in [3.8, 4) is 23.3 Å². The molecule has 40 heavy (non-hydrogen) atoms. The molecule has 216 valence electrons. The van der Waals surface area contributed by atoms with E-state index in [1.54, 1.807) is 14.2 Å². The number of carbonyl (C=O) groups excluding carboxylic acids is 1. The van der Waals surface area contributed by atoms with Crippen molar-refractivity contribution < 1.29 is 19.0 Å². The van der Waals surface area contributed by atoms with Gasteiger partial charge in [-0.25, -0.2) is 0 Å². The number of benzene rings is 2. The van der Waals surface area contributed by atoms with Gasteiger partial charge in [0.05, 0.1) is 32.4 Å². The highest BCUT2D eigenvalue weighted by atomic mass is 16.5. The Kier molecular flexibility index (Phi) is 9.76. The summed E-state index contributed by atoms with van der Waals surface area (Å²) in [5.41, 5.74) is 1.60. The lowest BCUT2D eigenvalue weighted by atomic mass is 9.87. The molecule has 0 radical (unpaired) electrons. The van der Waals surface area contributed by atoms with Gasteiger partial charge in [-0.2, -0.15) is 5.26 Å². The van der Waals surface area contributed by atoms with Gasteiger partial charge in [0.1, 0.15) is 5.75 Å². The lowest BCUT2D eigenvalue weighted by Gasteiger charge is -2.45. The minimum Gasteiger partial charge on any atom is -0.493 e. The fraction of sp³-hybridized carbons (Fsp3) is 0.576. The quantitative estimate of drug-likeness (QED) is 0.322. The van der Waals surface area contributed by atoms with E-state index >= 15 is 0 Å². The summed E-state index contributed by atoms with van der Waals surface area (Å²) < 4.78 is 17.6. The van der Waals surface area contributed by atoms with Gasteiger partial charge in [0, 0.05) is 30.6 Å². The molecule has 1 heterocycles. The number of nitriles is 1. The van der Waals surface area contributed by atoms with Crippen molar-refractivity contribution in [2.24, 2.45) is 17.3 Å². The van der Waals surface area contributed by atoms with Gasteiger partial charge >= 0.3 is 0 Å². The summed E-state index contributed by atoms with van der Waals surface area (Å²) in [7, 11) is 5.48. The maximum absolute atomic E-state index is 12.8. The SMILES string of the molecule is COc1ccc(OC(CCCc2ccc(C#N)cc2)N(C)C2C3CCC2CN(CC(=O)C(C)(C)C)C3)cc1OC. The van der Waals surface area contributed by atoms with E-state index in [0.717, 1.165) is 38.1 Å². The molecule has 7 heteroatoms. The van der Waals surface area contributed by atoms with Gasteiger partial charge in [0.15, 0.2) is 23.5 Å². The van der Waals surface area contributed by atoms with Crippen LogP contribution in [-0.4, -0.2) is 68.8 Å². The molecule has 0 spiro atoms. The van der Waals surface area contributed by atoms with Crippen LogP contribution >= 0.6 is 0 Å². The minimum absolute atomic E-state index is 0.104. The van der Waals surface area contributed by atoms with Crippen LogP contribution in [0.15, 0.2) is 42.5 Å². The molecule has 0 aromatic heterocycles. The molecule has 2 aromatic carbocycles. The monoisotopic (exact) mass is 547 g/mol. The molecule has 3 atom stereocenters. The maximum atomic E-state index is 12.8. The number of ketones is 1. The van der Waals surface area contributed by atoms with Crippen molar-refractivity contribution in [2.75, 3.05) is 40.9 Å². The number of hydrogen-bond donors (Lipinski definition) is 0. The third-order valence-corrected chi connectivity index (χ3v) is 8.61. The van der Waals surface area contributed by atoms with Gasteiger partial charge in [-0.1, -0.05) is 32.9 Å². The first kappa shape index (κ1) is 29.9. The maximum Gasteiger partial charge on any atom is 0.164 e. The molecule has 0 N–H and O–H groups in total. The molecule has 1 aliphatic carbocycles. The number of fused-ring (bicyclic) bond motifs is 2. The standard InChI is InChI=1S/C33H45N3O4/c1-33(2,3)30(37)22-36-20-25-14-15-26(21-36)32(25)35(4)31(9-7-8-23-10-12-24(19-34)13-11-23)40-27-16-17-28(38-5)29(18-27)39-6/h10-13,16-18,25-26,31-32H,7-9,14-15,20-22H2,1-6H3. The molecule has 4 rings (SSSR count). The van der Waals surface area contributed by atoms with E-state index in [0.29, 0.717) is 47.3 Å². The lowest BCUT2D eigenvalue weighted by Crippen LogP contribution is -2.56. The van der Waals surface area contributed by atoms with Crippen LogP contribution in [0.2, 0.25) is 0 Å². The van der Waals surface area contributed by atoms with E-state index in [2.05, 4.69) is 22.9 Å². The van der Waals surface area contributed by atoms with E-state index in [4.69, 9.17) is 19.5 Å². The summed E-state index contributed by atoms with van der Waals surface area (Å²) in [5, 5.41) is 9.11.